The van der Waals surface area contributed by atoms with E-state index in [-0.39, 0.29) is 22.5 Å². The first kappa shape index (κ1) is 17.0. The molecular weight excluding hydrogens is 300 g/mol. The summed E-state index contributed by atoms with van der Waals surface area (Å²) in [6, 6.07) is 5.02. The fourth-order valence-corrected chi connectivity index (χ4v) is 4.46. The van der Waals surface area contributed by atoms with Gasteiger partial charge in [0.05, 0.1) is 16.2 Å². The molecule has 2 rings (SSSR count). The highest BCUT2D eigenvalue weighted by Crippen LogP contribution is 2.22. The molecule has 1 aliphatic heterocycles. The van der Waals surface area contributed by atoms with E-state index >= 15 is 0 Å². The topological polar surface area (TPSA) is 66.5 Å². The molecule has 0 saturated carbocycles. The lowest BCUT2D eigenvalue weighted by Crippen LogP contribution is -2.46. The van der Waals surface area contributed by atoms with Crippen LogP contribution in [-0.4, -0.2) is 51.2 Å². The van der Waals surface area contributed by atoms with Gasteiger partial charge >= 0.3 is 0 Å². The third-order valence-corrected chi connectivity index (χ3v) is 5.79. The lowest BCUT2D eigenvalue weighted by atomic mass is 10.1. The van der Waals surface area contributed by atoms with Gasteiger partial charge in [0.1, 0.15) is 0 Å². The summed E-state index contributed by atoms with van der Waals surface area (Å²) in [6.45, 7) is 8.30. The summed E-state index contributed by atoms with van der Waals surface area (Å²) in [5.41, 5.74) is 1.20. The van der Waals surface area contributed by atoms with Gasteiger partial charge in [0.25, 0.3) is 5.91 Å². The van der Waals surface area contributed by atoms with Crippen molar-refractivity contribution in [2.75, 3.05) is 31.9 Å². The Morgan fingerprint density at radius 2 is 1.91 bits per heavy atom. The lowest BCUT2D eigenvalue weighted by molar-refractivity contribution is 0.0732. The van der Waals surface area contributed by atoms with E-state index in [1.807, 2.05) is 20.8 Å². The number of carbonyl (C=O) groups is 1. The fourth-order valence-electron chi connectivity index (χ4n) is 2.65. The van der Waals surface area contributed by atoms with Crippen molar-refractivity contribution < 1.29 is 13.2 Å². The summed E-state index contributed by atoms with van der Waals surface area (Å²) in [5, 5.41) is 3.19. The van der Waals surface area contributed by atoms with E-state index in [1.165, 1.54) is 0 Å². The van der Waals surface area contributed by atoms with Crippen molar-refractivity contribution in [2.24, 2.45) is 5.92 Å². The van der Waals surface area contributed by atoms with Crippen LogP contribution in [0.15, 0.2) is 23.1 Å². The average Bonchev–Trinajstić information content (AvgIpc) is 2.45. The van der Waals surface area contributed by atoms with Gasteiger partial charge in [0.2, 0.25) is 0 Å². The highest BCUT2D eigenvalue weighted by atomic mass is 32.2. The second-order valence-electron chi connectivity index (χ2n) is 6.22. The summed E-state index contributed by atoms with van der Waals surface area (Å²) >= 11 is 0. The van der Waals surface area contributed by atoms with Gasteiger partial charge in [-0.1, -0.05) is 25.5 Å². The number of piperazine rings is 1. The van der Waals surface area contributed by atoms with Crippen molar-refractivity contribution in [3.8, 4) is 0 Å². The third-order valence-electron chi connectivity index (χ3n) is 3.66. The van der Waals surface area contributed by atoms with E-state index in [9.17, 15) is 13.2 Å². The summed E-state index contributed by atoms with van der Waals surface area (Å²) < 4.78 is 25.2. The molecule has 1 aromatic carbocycles. The zero-order valence-corrected chi connectivity index (χ0v) is 14.2. The van der Waals surface area contributed by atoms with Crippen LogP contribution in [0.5, 0.6) is 0 Å². The molecule has 0 aromatic heterocycles. The molecule has 5 nitrogen and oxygen atoms in total. The Labute approximate surface area is 132 Å². The second kappa shape index (κ2) is 6.79. The molecule has 1 amide bonds. The molecule has 0 radical (unpaired) electrons. The van der Waals surface area contributed by atoms with Gasteiger partial charge in [0.15, 0.2) is 9.84 Å². The van der Waals surface area contributed by atoms with Gasteiger partial charge in [-0.25, -0.2) is 8.42 Å². The summed E-state index contributed by atoms with van der Waals surface area (Å²) in [5.74, 6) is -0.112. The molecule has 0 aliphatic carbocycles. The molecule has 122 valence electrons. The van der Waals surface area contributed by atoms with Crippen LogP contribution >= 0.6 is 0 Å². The van der Waals surface area contributed by atoms with E-state index in [2.05, 4.69) is 5.32 Å². The van der Waals surface area contributed by atoms with Crippen LogP contribution in [0.2, 0.25) is 0 Å². The Hall–Kier alpha value is -1.40. The van der Waals surface area contributed by atoms with Gasteiger partial charge in [-0.3, -0.25) is 4.79 Å². The van der Waals surface area contributed by atoms with E-state index in [4.69, 9.17) is 0 Å². The van der Waals surface area contributed by atoms with Gasteiger partial charge < -0.3 is 10.2 Å². The molecule has 22 heavy (non-hydrogen) atoms. The van der Waals surface area contributed by atoms with E-state index in [0.29, 0.717) is 18.7 Å². The van der Waals surface area contributed by atoms with Crippen LogP contribution in [0.1, 0.15) is 29.8 Å². The largest absolute Gasteiger partial charge is 0.336 e. The predicted octanol–water partition coefficient (Wildman–Crippen LogP) is 1.47. The molecule has 1 fully saturated rings. The van der Waals surface area contributed by atoms with E-state index in [0.717, 1.165) is 18.7 Å². The summed E-state index contributed by atoms with van der Waals surface area (Å²) in [7, 11) is -3.45. The SMILES string of the molecule is Cc1ccc(S(=O)(=O)CC(C)C)c(C(=O)N2CCNCC2)c1. The fraction of sp³-hybridized carbons (Fsp3) is 0.562. The minimum atomic E-state index is -3.45. The third kappa shape index (κ3) is 3.87. The van der Waals surface area contributed by atoms with Crippen LogP contribution in [0.3, 0.4) is 0 Å². The monoisotopic (exact) mass is 324 g/mol. The molecule has 0 spiro atoms. The number of hydrogen-bond donors (Lipinski definition) is 1. The molecule has 1 aliphatic rings. The number of aryl methyl sites for hydroxylation is 1. The maximum atomic E-state index is 12.7. The lowest BCUT2D eigenvalue weighted by Gasteiger charge is -2.28. The number of sulfone groups is 1. The molecule has 1 heterocycles. The number of nitrogens with zero attached hydrogens (tertiary/aromatic N) is 1. The Morgan fingerprint density at radius 1 is 1.27 bits per heavy atom. The number of benzene rings is 1. The molecular formula is C16H24N2O3S. The zero-order chi connectivity index (χ0) is 16.3. The van der Waals surface area contributed by atoms with Crippen LogP contribution in [0, 0.1) is 12.8 Å². The van der Waals surface area contributed by atoms with E-state index < -0.39 is 9.84 Å². The van der Waals surface area contributed by atoms with Gasteiger partial charge in [-0.2, -0.15) is 0 Å². The van der Waals surface area contributed by atoms with Gasteiger partial charge in [0, 0.05) is 26.2 Å². The van der Waals surface area contributed by atoms with Crippen LogP contribution in [0.25, 0.3) is 0 Å². The predicted molar refractivity (Wildman–Crippen MR) is 86.8 cm³/mol. The molecule has 1 N–H and O–H groups in total. The molecule has 1 aromatic rings. The molecule has 0 unspecified atom stereocenters. The Balaban J connectivity index is 2.41. The first-order valence-electron chi connectivity index (χ1n) is 7.64. The van der Waals surface area contributed by atoms with Gasteiger partial charge in [-0.05, 0) is 25.0 Å². The number of amides is 1. The van der Waals surface area contributed by atoms with Crippen molar-refractivity contribution >= 4 is 15.7 Å². The van der Waals surface area contributed by atoms with Crippen molar-refractivity contribution in [1.29, 1.82) is 0 Å². The maximum Gasteiger partial charge on any atom is 0.255 e. The number of hydrogen-bond acceptors (Lipinski definition) is 4. The highest BCUT2D eigenvalue weighted by molar-refractivity contribution is 7.91. The first-order chi connectivity index (χ1) is 10.3. The van der Waals surface area contributed by atoms with Crippen molar-refractivity contribution in [3.63, 3.8) is 0 Å². The second-order valence-corrected chi connectivity index (χ2v) is 8.22. The van der Waals surface area contributed by atoms with Gasteiger partial charge in [-0.15, -0.1) is 0 Å². The maximum absolute atomic E-state index is 12.7. The standard InChI is InChI=1S/C16H24N2O3S/c1-12(2)11-22(20,21)15-5-4-13(3)10-14(15)16(19)18-8-6-17-7-9-18/h4-5,10,12,17H,6-9,11H2,1-3H3. The van der Waals surface area contributed by atoms with Crippen molar-refractivity contribution in [1.82, 2.24) is 10.2 Å². The van der Waals surface area contributed by atoms with Crippen molar-refractivity contribution in [3.05, 3.63) is 29.3 Å². The van der Waals surface area contributed by atoms with Crippen molar-refractivity contribution in [2.45, 2.75) is 25.7 Å². The Bertz CT molecular complexity index is 647. The smallest absolute Gasteiger partial charge is 0.255 e. The number of carbonyl (C=O) groups excluding carboxylic acids is 1. The van der Waals surface area contributed by atoms with E-state index in [1.54, 1.807) is 23.1 Å². The highest BCUT2D eigenvalue weighted by Gasteiger charge is 2.27. The van der Waals surface area contributed by atoms with Crippen LogP contribution in [0.4, 0.5) is 0 Å². The molecule has 0 bridgehead atoms. The molecule has 6 heteroatoms. The quantitative estimate of drug-likeness (QED) is 0.911. The summed E-state index contributed by atoms with van der Waals surface area (Å²) in [6.07, 6.45) is 0. The van der Waals surface area contributed by atoms with Crippen LogP contribution in [-0.2, 0) is 9.84 Å². The summed E-state index contributed by atoms with van der Waals surface area (Å²) in [4.78, 5) is 14.6. The van der Waals surface area contributed by atoms with Crippen LogP contribution < -0.4 is 5.32 Å². The first-order valence-corrected chi connectivity index (χ1v) is 9.30. The zero-order valence-electron chi connectivity index (χ0n) is 13.4. The minimum absolute atomic E-state index is 0.0217. The number of nitrogens with one attached hydrogen (secondary N) is 1. The normalized spacial score (nSPS) is 16.1. The molecule has 0 atom stereocenters. The molecule has 1 saturated heterocycles. The number of rotatable bonds is 4. The minimum Gasteiger partial charge on any atom is -0.336 e. The Kier molecular flexibility index (Phi) is 5.24. The Morgan fingerprint density at radius 3 is 2.50 bits per heavy atom. The average molecular weight is 324 g/mol.